The lowest BCUT2D eigenvalue weighted by atomic mass is 10.1. The SMILES string of the molecule is O=C(NCCc1ccc(Cl)cc1)C1NNNC1Nc1ccccc1F. The third-order valence-corrected chi connectivity index (χ3v) is 4.13. The zero-order valence-corrected chi connectivity index (χ0v) is 14.1. The maximum absolute atomic E-state index is 13.7. The standard InChI is InChI=1S/C17H19ClFN5O/c18-12-7-5-11(6-8-12)9-10-20-17(25)15-16(23-24-22-15)21-14-4-2-1-3-13(14)19/h1-8,15-16,21-24H,9-10H2,(H,20,25). The van der Waals surface area contributed by atoms with Crippen molar-refractivity contribution >= 4 is 23.2 Å². The molecule has 2 aromatic rings. The Balaban J connectivity index is 1.52. The highest BCUT2D eigenvalue weighted by atomic mass is 35.5. The summed E-state index contributed by atoms with van der Waals surface area (Å²) in [6, 6.07) is 13.2. The van der Waals surface area contributed by atoms with Crippen molar-refractivity contribution in [3.8, 4) is 0 Å². The molecule has 0 bridgehead atoms. The third-order valence-electron chi connectivity index (χ3n) is 3.88. The molecule has 1 amide bonds. The number of para-hydroxylation sites is 1. The van der Waals surface area contributed by atoms with Crippen LogP contribution in [-0.4, -0.2) is 24.7 Å². The molecule has 1 aliphatic heterocycles. The Morgan fingerprint density at radius 1 is 1.12 bits per heavy atom. The number of anilines is 1. The second-order valence-corrected chi connectivity index (χ2v) is 6.10. The Morgan fingerprint density at radius 3 is 2.64 bits per heavy atom. The highest BCUT2D eigenvalue weighted by molar-refractivity contribution is 6.30. The first-order chi connectivity index (χ1) is 12.1. The van der Waals surface area contributed by atoms with Gasteiger partial charge in [0, 0.05) is 11.6 Å². The van der Waals surface area contributed by atoms with Crippen LogP contribution in [0, 0.1) is 5.82 Å². The van der Waals surface area contributed by atoms with E-state index in [4.69, 9.17) is 11.6 Å². The summed E-state index contributed by atoms with van der Waals surface area (Å²) >= 11 is 5.85. The number of hydrogen-bond donors (Lipinski definition) is 5. The molecule has 5 N–H and O–H groups in total. The molecule has 25 heavy (non-hydrogen) atoms. The largest absolute Gasteiger partial charge is 0.365 e. The third kappa shape index (κ3) is 4.67. The predicted octanol–water partition coefficient (Wildman–Crippen LogP) is 1.56. The van der Waals surface area contributed by atoms with Gasteiger partial charge in [0.05, 0.1) is 5.69 Å². The van der Waals surface area contributed by atoms with Crippen LogP contribution in [-0.2, 0) is 11.2 Å². The fourth-order valence-electron chi connectivity index (χ4n) is 2.54. The van der Waals surface area contributed by atoms with Gasteiger partial charge in [0.2, 0.25) is 5.91 Å². The Labute approximate surface area is 150 Å². The monoisotopic (exact) mass is 363 g/mol. The lowest BCUT2D eigenvalue weighted by Crippen LogP contribution is -2.50. The van der Waals surface area contributed by atoms with Crippen molar-refractivity contribution in [1.29, 1.82) is 0 Å². The zero-order chi connectivity index (χ0) is 17.6. The predicted molar refractivity (Wildman–Crippen MR) is 95.2 cm³/mol. The average Bonchev–Trinajstić information content (AvgIpc) is 3.07. The van der Waals surface area contributed by atoms with E-state index in [0.717, 1.165) is 5.56 Å². The highest BCUT2D eigenvalue weighted by Gasteiger charge is 2.32. The number of halogens is 2. The van der Waals surface area contributed by atoms with Gasteiger partial charge in [0.15, 0.2) is 0 Å². The Bertz CT molecular complexity index is 727. The molecule has 0 radical (unpaired) electrons. The van der Waals surface area contributed by atoms with Crippen LogP contribution < -0.4 is 27.0 Å². The van der Waals surface area contributed by atoms with E-state index in [1.807, 2.05) is 24.3 Å². The molecule has 8 heteroatoms. The van der Waals surface area contributed by atoms with Gasteiger partial charge >= 0.3 is 0 Å². The first kappa shape index (κ1) is 17.6. The average molecular weight is 364 g/mol. The molecule has 1 heterocycles. The van der Waals surface area contributed by atoms with Gasteiger partial charge in [-0.2, -0.15) is 5.53 Å². The van der Waals surface area contributed by atoms with Gasteiger partial charge in [-0.15, -0.1) is 0 Å². The summed E-state index contributed by atoms with van der Waals surface area (Å²) < 4.78 is 13.7. The van der Waals surface area contributed by atoms with Crippen molar-refractivity contribution in [1.82, 2.24) is 21.7 Å². The fraction of sp³-hybridized carbons (Fsp3) is 0.235. The van der Waals surface area contributed by atoms with Crippen molar-refractivity contribution in [2.45, 2.75) is 18.6 Å². The van der Waals surface area contributed by atoms with Crippen LogP contribution in [0.2, 0.25) is 5.02 Å². The van der Waals surface area contributed by atoms with E-state index in [1.165, 1.54) is 6.07 Å². The number of nitrogens with one attached hydrogen (secondary N) is 5. The summed E-state index contributed by atoms with van der Waals surface area (Å²) in [7, 11) is 0. The van der Waals surface area contributed by atoms with E-state index < -0.39 is 12.2 Å². The molecule has 1 saturated heterocycles. The Kier molecular flexibility index (Phi) is 5.83. The lowest BCUT2D eigenvalue weighted by Gasteiger charge is -2.20. The van der Waals surface area contributed by atoms with Crippen molar-refractivity contribution < 1.29 is 9.18 Å². The molecule has 2 aromatic carbocycles. The van der Waals surface area contributed by atoms with Gasteiger partial charge in [-0.25, -0.2) is 15.2 Å². The molecule has 2 unspecified atom stereocenters. The summed E-state index contributed by atoms with van der Waals surface area (Å²) in [4.78, 5) is 12.4. The minimum atomic E-state index is -0.593. The number of carbonyl (C=O) groups excluding carboxylic acids is 1. The van der Waals surface area contributed by atoms with Crippen molar-refractivity contribution in [2.75, 3.05) is 11.9 Å². The van der Waals surface area contributed by atoms with E-state index in [2.05, 4.69) is 27.0 Å². The summed E-state index contributed by atoms with van der Waals surface area (Å²) in [5.41, 5.74) is 9.80. The second kappa shape index (κ2) is 8.26. The van der Waals surface area contributed by atoms with E-state index in [-0.39, 0.29) is 11.7 Å². The summed E-state index contributed by atoms with van der Waals surface area (Å²) in [5.74, 6) is -0.571. The number of carbonyl (C=O) groups is 1. The molecule has 132 valence electrons. The van der Waals surface area contributed by atoms with Crippen molar-refractivity contribution in [3.63, 3.8) is 0 Å². The van der Waals surface area contributed by atoms with Gasteiger partial charge in [-0.05, 0) is 36.2 Å². The van der Waals surface area contributed by atoms with Gasteiger partial charge in [0.25, 0.3) is 0 Å². The smallest absolute Gasteiger partial charge is 0.242 e. The molecular weight excluding hydrogens is 345 g/mol. The van der Waals surface area contributed by atoms with Crippen LogP contribution in [0.15, 0.2) is 48.5 Å². The van der Waals surface area contributed by atoms with Crippen LogP contribution in [0.3, 0.4) is 0 Å². The topological polar surface area (TPSA) is 77.2 Å². The van der Waals surface area contributed by atoms with Crippen LogP contribution in [0.4, 0.5) is 10.1 Å². The second-order valence-electron chi connectivity index (χ2n) is 5.66. The molecular formula is C17H19ClFN5O. The van der Waals surface area contributed by atoms with E-state index in [1.54, 1.807) is 18.2 Å². The summed E-state index contributed by atoms with van der Waals surface area (Å²) in [6.45, 7) is 0.491. The Morgan fingerprint density at radius 2 is 1.88 bits per heavy atom. The molecule has 1 aliphatic rings. The molecule has 2 atom stereocenters. The number of rotatable bonds is 6. The first-order valence-corrected chi connectivity index (χ1v) is 8.30. The number of hydrogen-bond acceptors (Lipinski definition) is 5. The first-order valence-electron chi connectivity index (χ1n) is 7.93. The van der Waals surface area contributed by atoms with Gasteiger partial charge in [0.1, 0.15) is 18.0 Å². The molecule has 6 nitrogen and oxygen atoms in total. The number of amides is 1. The minimum Gasteiger partial charge on any atom is -0.365 e. The Hall–Kier alpha value is -2.19. The summed E-state index contributed by atoms with van der Waals surface area (Å²) in [5, 5.41) is 6.52. The van der Waals surface area contributed by atoms with Crippen molar-refractivity contribution in [3.05, 3.63) is 64.9 Å². The molecule has 3 rings (SSSR count). The van der Waals surface area contributed by atoms with Gasteiger partial charge < -0.3 is 10.6 Å². The van der Waals surface area contributed by atoms with E-state index in [0.29, 0.717) is 23.7 Å². The molecule has 1 fully saturated rings. The maximum atomic E-state index is 13.7. The number of benzene rings is 2. The maximum Gasteiger partial charge on any atom is 0.242 e. The quantitative estimate of drug-likeness (QED) is 0.538. The molecule has 0 aliphatic carbocycles. The van der Waals surface area contributed by atoms with Crippen LogP contribution in [0.5, 0.6) is 0 Å². The van der Waals surface area contributed by atoms with Gasteiger partial charge in [-0.3, -0.25) is 4.79 Å². The fourth-order valence-corrected chi connectivity index (χ4v) is 2.66. The normalized spacial score (nSPS) is 19.6. The summed E-state index contributed by atoms with van der Waals surface area (Å²) in [6.07, 6.45) is 0.203. The zero-order valence-electron chi connectivity index (χ0n) is 13.4. The highest BCUT2D eigenvalue weighted by Crippen LogP contribution is 2.15. The molecule has 0 spiro atoms. The number of hydrazine groups is 2. The minimum absolute atomic E-state index is 0.194. The molecule has 0 saturated carbocycles. The lowest BCUT2D eigenvalue weighted by molar-refractivity contribution is -0.123. The van der Waals surface area contributed by atoms with Crippen LogP contribution in [0.25, 0.3) is 0 Å². The van der Waals surface area contributed by atoms with E-state index in [9.17, 15) is 9.18 Å². The van der Waals surface area contributed by atoms with Gasteiger partial charge in [-0.1, -0.05) is 35.9 Å². The molecule has 0 aromatic heterocycles. The van der Waals surface area contributed by atoms with E-state index >= 15 is 0 Å². The van der Waals surface area contributed by atoms with Crippen molar-refractivity contribution in [2.24, 2.45) is 0 Å². The van der Waals surface area contributed by atoms with Crippen LogP contribution in [0.1, 0.15) is 5.56 Å². The van der Waals surface area contributed by atoms with Crippen LogP contribution >= 0.6 is 11.6 Å².